The van der Waals surface area contributed by atoms with E-state index in [1.165, 1.54) is 0 Å². The van der Waals surface area contributed by atoms with Crippen molar-refractivity contribution in [3.05, 3.63) is 94.2 Å². The Hall–Kier alpha value is -2.52. The maximum Gasteiger partial charge on any atom is 0.100 e. The molecule has 0 N–H and O–H groups in total. The van der Waals surface area contributed by atoms with E-state index in [4.69, 9.17) is 0 Å². The molecule has 3 rings (SSSR count). The predicted octanol–water partition coefficient (Wildman–Crippen LogP) is 4.62. The van der Waals surface area contributed by atoms with E-state index in [-0.39, 0.29) is 0 Å². The van der Waals surface area contributed by atoms with Crippen LogP contribution in [0.5, 0.6) is 0 Å². The lowest BCUT2D eigenvalue weighted by atomic mass is 10.0. The Morgan fingerprint density at radius 1 is 0.810 bits per heavy atom. The maximum absolute atomic E-state index is 4.43. The third kappa shape index (κ3) is 3.52. The molecule has 21 heavy (non-hydrogen) atoms. The van der Waals surface area contributed by atoms with Crippen LogP contribution in [-0.2, 0) is 0 Å². The van der Waals surface area contributed by atoms with Crippen molar-refractivity contribution in [2.75, 3.05) is 0 Å². The summed E-state index contributed by atoms with van der Waals surface area (Å²) >= 11 is 1.65. The zero-order chi connectivity index (χ0) is 14.3. The van der Waals surface area contributed by atoms with E-state index in [0.29, 0.717) is 0 Å². The molecule has 2 aromatic carbocycles. The molecular formula is C18H14N2S. The van der Waals surface area contributed by atoms with Gasteiger partial charge in [0, 0.05) is 16.7 Å². The van der Waals surface area contributed by atoms with Crippen molar-refractivity contribution in [1.29, 1.82) is 0 Å². The summed E-state index contributed by atoms with van der Waals surface area (Å²) in [5.74, 6) is 0. The van der Waals surface area contributed by atoms with Gasteiger partial charge in [-0.2, -0.15) is 16.4 Å². The van der Waals surface area contributed by atoms with Crippen molar-refractivity contribution in [2.45, 2.75) is 0 Å². The average molecular weight is 290 g/mol. The maximum atomic E-state index is 4.43. The first-order chi connectivity index (χ1) is 10.4. The zero-order valence-corrected chi connectivity index (χ0v) is 12.2. The molecule has 0 spiro atoms. The lowest BCUT2D eigenvalue weighted by Gasteiger charge is -2.04. The molecule has 3 aromatic rings. The zero-order valence-electron chi connectivity index (χ0n) is 11.4. The quantitative estimate of drug-likeness (QED) is 0.495. The largest absolute Gasteiger partial charge is 0.158 e. The van der Waals surface area contributed by atoms with Crippen LogP contribution in [0.4, 0.5) is 0 Å². The summed E-state index contributed by atoms with van der Waals surface area (Å²) in [6.07, 6.45) is 1.78. The van der Waals surface area contributed by atoms with Gasteiger partial charge in [-0.15, -0.1) is 5.10 Å². The Labute approximate surface area is 128 Å². The van der Waals surface area contributed by atoms with Crippen molar-refractivity contribution < 1.29 is 0 Å². The van der Waals surface area contributed by atoms with Crippen LogP contribution >= 0.6 is 11.3 Å². The summed E-state index contributed by atoms with van der Waals surface area (Å²) in [5.41, 5.74) is 4.07. The molecule has 0 bridgehead atoms. The normalized spacial score (nSPS) is 10.7. The summed E-state index contributed by atoms with van der Waals surface area (Å²) in [6, 6.07) is 22.3. The molecule has 2 nitrogen and oxygen atoms in total. The molecule has 0 unspecified atom stereocenters. The van der Waals surface area contributed by atoms with Gasteiger partial charge in [0.1, 0.15) is 5.71 Å². The number of thiophene rings is 1. The van der Waals surface area contributed by atoms with Crippen LogP contribution in [0.25, 0.3) is 0 Å². The molecule has 1 heterocycles. The Morgan fingerprint density at radius 2 is 1.43 bits per heavy atom. The molecule has 0 atom stereocenters. The van der Waals surface area contributed by atoms with Gasteiger partial charge in [0.25, 0.3) is 0 Å². The summed E-state index contributed by atoms with van der Waals surface area (Å²) in [5, 5.41) is 12.7. The topological polar surface area (TPSA) is 24.7 Å². The number of hydrogen-bond donors (Lipinski definition) is 0. The minimum Gasteiger partial charge on any atom is -0.158 e. The first-order valence-electron chi connectivity index (χ1n) is 6.67. The van der Waals surface area contributed by atoms with Gasteiger partial charge in [-0.05, 0) is 16.8 Å². The first kappa shape index (κ1) is 13.5. The second-order valence-corrected chi connectivity index (χ2v) is 5.26. The third-order valence-corrected chi connectivity index (χ3v) is 3.70. The standard InChI is InChI=1S/C18H14N2S/c1-3-7-16(8-4-1)18(17-9-5-2-6-10-17)20-19-13-15-11-12-21-14-15/h1-14H/b19-13+. The van der Waals surface area contributed by atoms with E-state index >= 15 is 0 Å². The lowest BCUT2D eigenvalue weighted by molar-refractivity contribution is 1.24. The fourth-order valence-electron chi connectivity index (χ4n) is 1.98. The van der Waals surface area contributed by atoms with Gasteiger partial charge >= 0.3 is 0 Å². The van der Waals surface area contributed by atoms with Gasteiger partial charge in [0.2, 0.25) is 0 Å². The number of hydrogen-bond acceptors (Lipinski definition) is 3. The fourth-order valence-corrected chi connectivity index (χ4v) is 2.59. The molecule has 0 radical (unpaired) electrons. The molecule has 3 heteroatoms. The molecule has 0 saturated heterocycles. The van der Waals surface area contributed by atoms with Gasteiger partial charge in [-0.25, -0.2) is 0 Å². The van der Waals surface area contributed by atoms with Crippen LogP contribution in [0.3, 0.4) is 0 Å². The molecule has 0 fully saturated rings. The molecular weight excluding hydrogens is 276 g/mol. The van der Waals surface area contributed by atoms with Crippen LogP contribution in [0, 0.1) is 0 Å². The summed E-state index contributed by atoms with van der Waals surface area (Å²) in [4.78, 5) is 0. The average Bonchev–Trinajstić information content (AvgIpc) is 3.07. The van der Waals surface area contributed by atoms with Gasteiger partial charge < -0.3 is 0 Å². The number of benzene rings is 2. The Kier molecular flexibility index (Phi) is 4.34. The van der Waals surface area contributed by atoms with Crippen molar-refractivity contribution in [3.8, 4) is 0 Å². The van der Waals surface area contributed by atoms with Crippen LogP contribution in [0.1, 0.15) is 16.7 Å². The second kappa shape index (κ2) is 6.77. The monoisotopic (exact) mass is 290 g/mol. The molecule has 0 amide bonds. The van der Waals surface area contributed by atoms with E-state index in [1.807, 2.05) is 77.5 Å². The van der Waals surface area contributed by atoms with E-state index < -0.39 is 0 Å². The van der Waals surface area contributed by atoms with Crippen LogP contribution < -0.4 is 0 Å². The van der Waals surface area contributed by atoms with Crippen molar-refractivity contribution in [3.63, 3.8) is 0 Å². The van der Waals surface area contributed by atoms with Gasteiger partial charge in [0.05, 0.1) is 6.21 Å². The Bertz CT molecular complexity index is 688. The highest BCUT2D eigenvalue weighted by molar-refractivity contribution is 7.08. The lowest BCUT2D eigenvalue weighted by Crippen LogP contribution is -2.02. The Morgan fingerprint density at radius 3 is 1.95 bits per heavy atom. The van der Waals surface area contributed by atoms with Gasteiger partial charge in [-0.3, -0.25) is 0 Å². The molecule has 0 aliphatic carbocycles. The predicted molar refractivity (Wildman–Crippen MR) is 90.4 cm³/mol. The molecule has 102 valence electrons. The number of rotatable bonds is 4. The molecule has 0 aliphatic heterocycles. The van der Waals surface area contributed by atoms with E-state index in [1.54, 1.807) is 17.6 Å². The first-order valence-corrected chi connectivity index (χ1v) is 7.62. The van der Waals surface area contributed by atoms with Crippen LogP contribution in [0.15, 0.2) is 87.7 Å². The molecule has 0 aliphatic rings. The highest BCUT2D eigenvalue weighted by atomic mass is 32.1. The highest BCUT2D eigenvalue weighted by Gasteiger charge is 2.05. The summed E-state index contributed by atoms with van der Waals surface area (Å²) in [7, 11) is 0. The van der Waals surface area contributed by atoms with E-state index in [9.17, 15) is 0 Å². The summed E-state index contributed by atoms with van der Waals surface area (Å²) < 4.78 is 0. The van der Waals surface area contributed by atoms with E-state index in [2.05, 4.69) is 10.2 Å². The van der Waals surface area contributed by atoms with Crippen molar-refractivity contribution >= 4 is 23.3 Å². The second-order valence-electron chi connectivity index (χ2n) is 4.48. The number of nitrogens with zero attached hydrogens (tertiary/aromatic N) is 2. The Balaban J connectivity index is 1.97. The summed E-state index contributed by atoms with van der Waals surface area (Å²) in [6.45, 7) is 0. The minimum absolute atomic E-state index is 0.877. The minimum atomic E-state index is 0.877. The van der Waals surface area contributed by atoms with Crippen LogP contribution in [0.2, 0.25) is 0 Å². The van der Waals surface area contributed by atoms with Crippen molar-refractivity contribution in [2.24, 2.45) is 10.2 Å². The highest BCUT2D eigenvalue weighted by Crippen LogP contribution is 2.11. The van der Waals surface area contributed by atoms with Crippen LogP contribution in [-0.4, -0.2) is 11.9 Å². The smallest absolute Gasteiger partial charge is 0.100 e. The SMILES string of the molecule is C(=N\N=C(c1ccccc1)c1ccccc1)/c1ccsc1. The van der Waals surface area contributed by atoms with E-state index in [0.717, 1.165) is 22.4 Å². The molecule has 0 saturated carbocycles. The van der Waals surface area contributed by atoms with Gasteiger partial charge in [0.15, 0.2) is 0 Å². The van der Waals surface area contributed by atoms with Crippen molar-refractivity contribution in [1.82, 2.24) is 0 Å². The van der Waals surface area contributed by atoms with Gasteiger partial charge in [-0.1, -0.05) is 60.7 Å². The fraction of sp³-hybridized carbons (Fsp3) is 0. The molecule has 1 aromatic heterocycles. The third-order valence-electron chi connectivity index (χ3n) is 3.00.